The number of benzene rings is 2. The maximum absolute atomic E-state index is 13.0. The van der Waals surface area contributed by atoms with Gasteiger partial charge in [-0.1, -0.05) is 30.3 Å². The van der Waals surface area contributed by atoms with Gasteiger partial charge in [-0.25, -0.2) is 8.42 Å². The summed E-state index contributed by atoms with van der Waals surface area (Å²) < 4.78 is 33.5. The Kier molecular flexibility index (Phi) is 4.75. The highest BCUT2D eigenvalue weighted by Gasteiger charge is 2.38. The van der Waals surface area contributed by atoms with Crippen LogP contribution in [0.2, 0.25) is 0 Å². The molecule has 0 spiro atoms. The number of hydrogen-bond acceptors (Lipinski definition) is 3. The van der Waals surface area contributed by atoms with Gasteiger partial charge in [-0.15, -0.1) is 0 Å². The summed E-state index contributed by atoms with van der Waals surface area (Å²) in [5.74, 6) is 0.616. The molecule has 0 heterocycles. The molecule has 0 aromatic heterocycles. The second-order valence-corrected chi connectivity index (χ2v) is 8.31. The van der Waals surface area contributed by atoms with E-state index in [9.17, 15) is 8.42 Å². The van der Waals surface area contributed by atoms with Gasteiger partial charge >= 0.3 is 0 Å². The average Bonchev–Trinajstić information content (AvgIpc) is 3.38. The first-order valence-electron chi connectivity index (χ1n) is 7.41. The van der Waals surface area contributed by atoms with Gasteiger partial charge < -0.3 is 4.74 Å². The minimum Gasteiger partial charge on any atom is -0.496 e. The van der Waals surface area contributed by atoms with Crippen LogP contribution in [0.5, 0.6) is 5.75 Å². The fourth-order valence-electron chi connectivity index (χ4n) is 2.48. The monoisotopic (exact) mass is 395 g/mol. The van der Waals surface area contributed by atoms with E-state index in [2.05, 4.69) is 15.9 Å². The van der Waals surface area contributed by atoms with Crippen molar-refractivity contribution < 1.29 is 13.2 Å². The van der Waals surface area contributed by atoms with Crippen LogP contribution in [0.25, 0.3) is 0 Å². The number of methoxy groups -OCH3 is 1. The second kappa shape index (κ2) is 6.63. The number of nitrogens with zero attached hydrogens (tertiary/aromatic N) is 1. The quantitative estimate of drug-likeness (QED) is 0.746. The molecule has 0 N–H and O–H groups in total. The molecule has 6 heteroatoms. The number of ether oxygens (including phenoxy) is 1. The lowest BCUT2D eigenvalue weighted by Crippen LogP contribution is -2.32. The Morgan fingerprint density at radius 3 is 2.43 bits per heavy atom. The Balaban J connectivity index is 1.93. The van der Waals surface area contributed by atoms with E-state index in [4.69, 9.17) is 4.74 Å². The SMILES string of the molecule is COc1ccc(S(=O)(=O)N(Cc2ccccc2)C2CC2)cc1Br. The van der Waals surface area contributed by atoms with Crippen molar-refractivity contribution in [2.75, 3.05) is 7.11 Å². The van der Waals surface area contributed by atoms with E-state index in [0.29, 0.717) is 16.8 Å². The molecule has 0 radical (unpaired) electrons. The van der Waals surface area contributed by atoms with Gasteiger partial charge in [-0.3, -0.25) is 0 Å². The molecule has 2 aromatic rings. The Morgan fingerprint density at radius 2 is 1.87 bits per heavy atom. The van der Waals surface area contributed by atoms with Crippen LogP contribution >= 0.6 is 15.9 Å². The summed E-state index contributed by atoms with van der Waals surface area (Å²) in [6, 6.07) is 14.7. The summed E-state index contributed by atoms with van der Waals surface area (Å²) in [4.78, 5) is 0.285. The summed E-state index contributed by atoms with van der Waals surface area (Å²) in [5, 5.41) is 0. The standard InChI is InChI=1S/C17H18BrNO3S/c1-22-17-10-9-15(11-16(17)18)23(20,21)19(14-7-8-14)12-13-5-3-2-4-6-13/h2-6,9-11,14H,7-8,12H2,1H3. The molecular weight excluding hydrogens is 378 g/mol. The van der Waals surface area contributed by atoms with Crippen LogP contribution in [0.15, 0.2) is 57.9 Å². The Labute approximate surface area is 145 Å². The zero-order chi connectivity index (χ0) is 16.4. The van der Waals surface area contributed by atoms with Gasteiger partial charge in [-0.05, 0) is 52.5 Å². The lowest BCUT2D eigenvalue weighted by molar-refractivity contribution is 0.397. The zero-order valence-corrected chi connectivity index (χ0v) is 15.2. The first-order valence-corrected chi connectivity index (χ1v) is 9.65. The third kappa shape index (κ3) is 3.59. The molecule has 2 aromatic carbocycles. The van der Waals surface area contributed by atoms with Crippen molar-refractivity contribution in [1.82, 2.24) is 4.31 Å². The van der Waals surface area contributed by atoms with Crippen LogP contribution in [-0.4, -0.2) is 25.9 Å². The van der Waals surface area contributed by atoms with Crippen LogP contribution in [0, 0.1) is 0 Å². The predicted octanol–water partition coefficient (Wildman–Crippen LogP) is 3.81. The minimum absolute atomic E-state index is 0.0982. The molecule has 0 unspecified atom stereocenters. The van der Waals surface area contributed by atoms with Crippen molar-refractivity contribution in [3.63, 3.8) is 0 Å². The van der Waals surface area contributed by atoms with Crippen molar-refractivity contribution in [2.24, 2.45) is 0 Å². The van der Waals surface area contributed by atoms with Crippen LogP contribution < -0.4 is 4.74 Å². The number of sulfonamides is 1. The van der Waals surface area contributed by atoms with Crippen LogP contribution in [0.1, 0.15) is 18.4 Å². The van der Waals surface area contributed by atoms with Crippen LogP contribution in [0.3, 0.4) is 0 Å². The predicted molar refractivity (Wildman–Crippen MR) is 92.9 cm³/mol. The van der Waals surface area contributed by atoms with Crippen LogP contribution in [0.4, 0.5) is 0 Å². The lowest BCUT2D eigenvalue weighted by atomic mass is 10.2. The zero-order valence-electron chi connectivity index (χ0n) is 12.8. The van der Waals surface area contributed by atoms with E-state index in [1.807, 2.05) is 30.3 Å². The molecule has 0 amide bonds. The summed E-state index contributed by atoms with van der Waals surface area (Å²) >= 11 is 3.36. The molecule has 1 fully saturated rings. The molecule has 1 saturated carbocycles. The van der Waals surface area contributed by atoms with Gasteiger partial charge in [0.15, 0.2) is 0 Å². The molecule has 23 heavy (non-hydrogen) atoms. The van der Waals surface area contributed by atoms with E-state index in [0.717, 1.165) is 18.4 Å². The second-order valence-electron chi connectivity index (χ2n) is 5.56. The third-order valence-electron chi connectivity index (χ3n) is 3.87. The highest BCUT2D eigenvalue weighted by molar-refractivity contribution is 9.10. The van der Waals surface area contributed by atoms with E-state index >= 15 is 0 Å². The van der Waals surface area contributed by atoms with E-state index in [1.165, 1.54) is 0 Å². The van der Waals surface area contributed by atoms with Gasteiger partial charge in [-0.2, -0.15) is 4.31 Å². The minimum atomic E-state index is -3.54. The number of hydrogen-bond donors (Lipinski definition) is 0. The Hall–Kier alpha value is -1.37. The van der Waals surface area contributed by atoms with Crippen molar-refractivity contribution >= 4 is 26.0 Å². The normalized spacial score (nSPS) is 14.9. The molecule has 3 rings (SSSR count). The molecular formula is C17H18BrNO3S. The number of halogens is 1. The molecule has 1 aliphatic rings. The topological polar surface area (TPSA) is 46.6 Å². The van der Waals surface area contributed by atoms with Gasteiger partial charge in [0, 0.05) is 12.6 Å². The average molecular weight is 396 g/mol. The first kappa shape index (κ1) is 16.5. The summed E-state index contributed by atoms with van der Waals surface area (Å²) in [5.41, 5.74) is 0.996. The molecule has 0 aliphatic heterocycles. The molecule has 0 bridgehead atoms. The maximum atomic E-state index is 13.0. The van der Waals surface area contributed by atoms with Crippen molar-refractivity contribution in [3.8, 4) is 5.75 Å². The molecule has 0 atom stereocenters. The first-order chi connectivity index (χ1) is 11.0. The fraction of sp³-hybridized carbons (Fsp3) is 0.294. The van der Waals surface area contributed by atoms with Gasteiger partial charge in [0.1, 0.15) is 5.75 Å². The molecule has 4 nitrogen and oxygen atoms in total. The third-order valence-corrected chi connectivity index (χ3v) is 6.38. The summed E-state index contributed by atoms with van der Waals surface area (Å²) in [7, 11) is -1.98. The Bertz CT molecular complexity index is 789. The maximum Gasteiger partial charge on any atom is 0.243 e. The highest BCUT2D eigenvalue weighted by atomic mass is 79.9. The van der Waals surface area contributed by atoms with Crippen molar-refractivity contribution in [3.05, 3.63) is 58.6 Å². The molecule has 1 aliphatic carbocycles. The highest BCUT2D eigenvalue weighted by Crippen LogP contribution is 2.35. The Morgan fingerprint density at radius 1 is 1.17 bits per heavy atom. The molecule has 122 valence electrons. The largest absolute Gasteiger partial charge is 0.496 e. The smallest absolute Gasteiger partial charge is 0.243 e. The fourth-order valence-corrected chi connectivity index (χ4v) is 4.87. The van der Waals surface area contributed by atoms with Gasteiger partial charge in [0.05, 0.1) is 16.5 Å². The van der Waals surface area contributed by atoms with Gasteiger partial charge in [0.2, 0.25) is 10.0 Å². The van der Waals surface area contributed by atoms with E-state index in [-0.39, 0.29) is 10.9 Å². The number of rotatable bonds is 6. The van der Waals surface area contributed by atoms with E-state index in [1.54, 1.807) is 29.6 Å². The van der Waals surface area contributed by atoms with Gasteiger partial charge in [0.25, 0.3) is 0 Å². The van der Waals surface area contributed by atoms with Crippen LogP contribution in [-0.2, 0) is 16.6 Å². The summed E-state index contributed by atoms with van der Waals surface area (Å²) in [6.45, 7) is 0.400. The summed E-state index contributed by atoms with van der Waals surface area (Å²) in [6.07, 6.45) is 1.84. The lowest BCUT2D eigenvalue weighted by Gasteiger charge is -2.22. The van der Waals surface area contributed by atoms with Crippen molar-refractivity contribution in [2.45, 2.75) is 30.3 Å². The van der Waals surface area contributed by atoms with Crippen molar-refractivity contribution in [1.29, 1.82) is 0 Å². The molecule has 0 saturated heterocycles. The van der Waals surface area contributed by atoms with E-state index < -0.39 is 10.0 Å².